The van der Waals surface area contributed by atoms with E-state index in [1.54, 1.807) is 18.3 Å². The number of pyridine rings is 1. The van der Waals surface area contributed by atoms with E-state index in [9.17, 15) is 9.59 Å². The second kappa shape index (κ2) is 11.5. The van der Waals surface area contributed by atoms with Gasteiger partial charge in [0.15, 0.2) is 5.11 Å². The van der Waals surface area contributed by atoms with E-state index < -0.39 is 0 Å². The Labute approximate surface area is 231 Å². The van der Waals surface area contributed by atoms with Gasteiger partial charge in [-0.25, -0.2) is 4.79 Å². The first-order valence-electron chi connectivity index (χ1n) is 12.3. The van der Waals surface area contributed by atoms with Crippen LogP contribution in [0.3, 0.4) is 0 Å². The topological polar surface area (TPSA) is 97.7 Å². The van der Waals surface area contributed by atoms with Gasteiger partial charge >= 0.3 is 5.97 Å². The van der Waals surface area contributed by atoms with E-state index in [1.165, 1.54) is 14.2 Å². The minimum atomic E-state index is -0.386. The maximum atomic E-state index is 11.9. The zero-order chi connectivity index (χ0) is 27.4. The normalized spacial score (nSPS) is 16.6. The molecular weight excluding hydrogens is 514 g/mol. The lowest BCUT2D eigenvalue weighted by molar-refractivity contribution is -0.119. The van der Waals surface area contributed by atoms with Crippen molar-refractivity contribution in [2.75, 3.05) is 31.0 Å². The van der Waals surface area contributed by atoms with Crippen molar-refractivity contribution in [3.63, 3.8) is 0 Å². The molecule has 1 saturated heterocycles. The number of aromatic nitrogens is 2. The third-order valence-corrected chi connectivity index (χ3v) is 6.77. The Kier molecular flexibility index (Phi) is 7.67. The number of carbonyl (C=O) groups excluding carboxylic acids is 2. The molecule has 2 atom stereocenters. The number of amides is 1. The zero-order valence-electron chi connectivity index (χ0n) is 21.4. The summed E-state index contributed by atoms with van der Waals surface area (Å²) in [6, 6.07) is 24.1. The molecule has 198 valence electrons. The second-order valence-electron chi connectivity index (χ2n) is 8.87. The maximum absolute atomic E-state index is 11.9. The molecule has 2 N–H and O–H groups in total. The van der Waals surface area contributed by atoms with Crippen molar-refractivity contribution in [3.05, 3.63) is 108 Å². The van der Waals surface area contributed by atoms with Crippen LogP contribution < -0.4 is 15.5 Å². The van der Waals surface area contributed by atoms with Crippen LogP contribution in [0, 0.1) is 0 Å². The van der Waals surface area contributed by atoms with Gasteiger partial charge in [0.25, 0.3) is 0 Å². The molecule has 4 aromatic rings. The van der Waals surface area contributed by atoms with Crippen LogP contribution in [0.25, 0.3) is 5.69 Å². The Morgan fingerprint density at radius 2 is 1.72 bits per heavy atom. The summed E-state index contributed by atoms with van der Waals surface area (Å²) >= 11 is 5.85. The summed E-state index contributed by atoms with van der Waals surface area (Å²) in [5, 5.41) is 6.84. The van der Waals surface area contributed by atoms with Crippen molar-refractivity contribution in [2.45, 2.75) is 12.1 Å². The summed E-state index contributed by atoms with van der Waals surface area (Å²) in [6.07, 6.45) is 3.74. The number of rotatable bonds is 8. The Hall–Kier alpha value is -4.54. The zero-order valence-corrected chi connectivity index (χ0v) is 22.2. The van der Waals surface area contributed by atoms with E-state index >= 15 is 0 Å². The first kappa shape index (κ1) is 26.1. The highest BCUT2D eigenvalue weighted by atomic mass is 32.1. The van der Waals surface area contributed by atoms with Crippen molar-refractivity contribution < 1.29 is 19.1 Å². The minimum absolute atomic E-state index is 0.0205. The number of carbonyl (C=O) groups is 2. The molecule has 3 heterocycles. The number of hydrogen-bond donors (Lipinski definition) is 2. The highest BCUT2D eigenvalue weighted by Gasteiger charge is 2.42. The van der Waals surface area contributed by atoms with E-state index in [0.717, 1.165) is 22.8 Å². The highest BCUT2D eigenvalue weighted by Crippen LogP contribution is 2.42. The van der Waals surface area contributed by atoms with Crippen LogP contribution in [0.5, 0.6) is 0 Å². The summed E-state index contributed by atoms with van der Waals surface area (Å²) in [6.45, 7) is -0.0205. The minimum Gasteiger partial charge on any atom is -0.465 e. The number of ether oxygens (including phenoxy) is 2. The Morgan fingerprint density at radius 1 is 0.974 bits per heavy atom. The van der Waals surface area contributed by atoms with Gasteiger partial charge in [-0.15, -0.1) is 0 Å². The summed E-state index contributed by atoms with van der Waals surface area (Å²) in [5.74, 6) is -0.615. The smallest absolute Gasteiger partial charge is 0.337 e. The van der Waals surface area contributed by atoms with Crippen molar-refractivity contribution in [2.24, 2.45) is 0 Å². The number of nitrogens with zero attached hydrogens (tertiary/aromatic N) is 3. The molecule has 0 spiro atoms. The number of nitrogens with one attached hydrogen (secondary N) is 2. The molecule has 1 fully saturated rings. The van der Waals surface area contributed by atoms with E-state index in [4.69, 9.17) is 21.7 Å². The standard InChI is InChI=1S/C29H27N5O4S/c1-37-18-25(35)31-20-10-14-22(15-11-20)34-27(26(32-29(34)39)23-6-3-4-16-30-23)24-7-5-17-33(24)21-12-8-19(9-13-21)28(36)38-2/h3-17,26-27H,18H2,1-2H3,(H,31,35)(H,32,39)/t26-,27-/m1/s1. The molecule has 0 unspecified atom stereocenters. The van der Waals surface area contributed by atoms with Crippen molar-refractivity contribution in [1.29, 1.82) is 0 Å². The number of anilines is 2. The number of benzene rings is 2. The molecule has 2 aromatic carbocycles. The molecule has 0 bridgehead atoms. The maximum Gasteiger partial charge on any atom is 0.337 e. The molecule has 0 aliphatic carbocycles. The van der Waals surface area contributed by atoms with Gasteiger partial charge in [0.05, 0.1) is 24.4 Å². The quantitative estimate of drug-likeness (QED) is 0.250. The molecule has 39 heavy (non-hydrogen) atoms. The van der Waals surface area contributed by atoms with Crippen LogP contribution in [0.2, 0.25) is 0 Å². The van der Waals surface area contributed by atoms with E-state index in [1.807, 2.05) is 66.9 Å². The van der Waals surface area contributed by atoms with Crippen molar-refractivity contribution in [3.8, 4) is 5.69 Å². The lowest BCUT2D eigenvalue weighted by Gasteiger charge is -2.29. The molecule has 0 saturated carbocycles. The van der Waals surface area contributed by atoms with Gasteiger partial charge < -0.3 is 29.6 Å². The monoisotopic (exact) mass is 541 g/mol. The second-order valence-corrected chi connectivity index (χ2v) is 9.25. The molecule has 2 aromatic heterocycles. The summed E-state index contributed by atoms with van der Waals surface area (Å²) < 4.78 is 11.8. The predicted octanol–water partition coefficient (Wildman–Crippen LogP) is 4.42. The van der Waals surface area contributed by atoms with Gasteiger partial charge in [-0.3, -0.25) is 9.78 Å². The number of methoxy groups -OCH3 is 2. The van der Waals surface area contributed by atoms with Gasteiger partial charge in [0, 0.05) is 42.3 Å². The largest absolute Gasteiger partial charge is 0.465 e. The van der Waals surface area contributed by atoms with Crippen molar-refractivity contribution >= 4 is 40.6 Å². The third kappa shape index (κ3) is 5.38. The van der Waals surface area contributed by atoms with Gasteiger partial charge in [0.2, 0.25) is 5.91 Å². The average molecular weight is 542 g/mol. The van der Waals surface area contributed by atoms with Gasteiger partial charge in [-0.2, -0.15) is 0 Å². The van der Waals surface area contributed by atoms with Crippen LogP contribution in [-0.2, 0) is 14.3 Å². The van der Waals surface area contributed by atoms with Gasteiger partial charge in [-0.05, 0) is 85.0 Å². The molecule has 1 amide bonds. The fourth-order valence-corrected chi connectivity index (χ4v) is 5.06. The fraction of sp³-hybridized carbons (Fsp3) is 0.172. The van der Waals surface area contributed by atoms with Gasteiger partial charge in [-0.1, -0.05) is 6.07 Å². The first-order valence-corrected chi connectivity index (χ1v) is 12.7. The van der Waals surface area contributed by atoms with E-state index in [0.29, 0.717) is 16.4 Å². The average Bonchev–Trinajstić information content (AvgIpc) is 3.58. The number of hydrogen-bond acceptors (Lipinski definition) is 6. The summed E-state index contributed by atoms with van der Waals surface area (Å²) in [5.41, 5.74) is 4.70. The molecular formula is C29H27N5O4S. The molecule has 0 radical (unpaired) electrons. The number of thiocarbonyl (C=S) groups is 1. The summed E-state index contributed by atoms with van der Waals surface area (Å²) in [7, 11) is 2.84. The van der Waals surface area contributed by atoms with Crippen LogP contribution in [-0.4, -0.2) is 47.4 Å². The lowest BCUT2D eigenvalue weighted by atomic mass is 10.0. The Balaban J connectivity index is 1.54. The van der Waals surface area contributed by atoms with Crippen molar-refractivity contribution in [1.82, 2.24) is 14.9 Å². The third-order valence-electron chi connectivity index (χ3n) is 6.45. The Bertz CT molecular complexity index is 1470. The SMILES string of the molecule is COCC(=O)Nc1ccc(N2C(=S)N[C@H](c3ccccn3)[C@H]2c2cccn2-c2ccc(C(=O)OC)cc2)cc1. The first-order chi connectivity index (χ1) is 19.0. The molecule has 10 heteroatoms. The molecule has 1 aliphatic rings. The van der Waals surface area contributed by atoms with E-state index in [-0.39, 0.29) is 30.6 Å². The number of esters is 1. The highest BCUT2D eigenvalue weighted by molar-refractivity contribution is 7.80. The lowest BCUT2D eigenvalue weighted by Crippen LogP contribution is -2.30. The fourth-order valence-electron chi connectivity index (χ4n) is 4.71. The van der Waals surface area contributed by atoms with E-state index in [2.05, 4.69) is 31.2 Å². The van der Waals surface area contributed by atoms with Crippen LogP contribution in [0.15, 0.2) is 91.3 Å². The van der Waals surface area contributed by atoms with Crippen LogP contribution >= 0.6 is 12.2 Å². The summed E-state index contributed by atoms with van der Waals surface area (Å²) in [4.78, 5) is 30.6. The van der Waals surface area contributed by atoms with Crippen LogP contribution in [0.4, 0.5) is 11.4 Å². The molecule has 1 aliphatic heterocycles. The molecule has 5 rings (SSSR count). The van der Waals surface area contributed by atoms with Crippen LogP contribution in [0.1, 0.15) is 33.8 Å². The predicted molar refractivity (Wildman–Crippen MR) is 152 cm³/mol. The molecule has 9 nitrogen and oxygen atoms in total. The Morgan fingerprint density at radius 3 is 2.38 bits per heavy atom. The van der Waals surface area contributed by atoms with Gasteiger partial charge in [0.1, 0.15) is 12.6 Å².